The predicted octanol–water partition coefficient (Wildman–Crippen LogP) is 6.83. The van der Waals surface area contributed by atoms with Crippen LogP contribution in [0.2, 0.25) is 0 Å². The maximum Gasteiger partial charge on any atom is 0.271 e. The minimum absolute atomic E-state index is 0.00220. The second-order valence-corrected chi connectivity index (χ2v) is 12.9. The third-order valence-corrected chi connectivity index (χ3v) is 9.24. The summed E-state index contributed by atoms with van der Waals surface area (Å²) in [5.41, 5.74) is 8.66. The molecular weight excluding hydrogens is 638 g/mol. The average Bonchev–Trinajstić information content (AvgIpc) is 3.19. The predicted molar refractivity (Wildman–Crippen MR) is 196 cm³/mol. The molecule has 1 fully saturated rings. The maximum absolute atomic E-state index is 13.0. The lowest BCUT2D eigenvalue weighted by Crippen LogP contribution is -2.38. The number of carbonyl (C=O) groups excluding carboxylic acids is 1. The number of rotatable bonds is 12. The lowest BCUT2D eigenvalue weighted by Gasteiger charge is -2.38. The van der Waals surface area contributed by atoms with Crippen LogP contribution in [0.25, 0.3) is 22.2 Å². The van der Waals surface area contributed by atoms with Crippen LogP contribution < -0.4 is 5.32 Å². The number of amides is 1. The smallest absolute Gasteiger partial charge is 0.271 e. The third-order valence-electron chi connectivity index (χ3n) is 9.24. The topological polar surface area (TPSA) is 110 Å². The van der Waals surface area contributed by atoms with Crippen molar-refractivity contribution in [2.24, 2.45) is 0 Å². The number of aliphatic hydroxyl groups excluding tert-OH is 1. The van der Waals surface area contributed by atoms with Crippen molar-refractivity contribution in [3.05, 3.63) is 161 Å². The number of aliphatic hydroxyl groups is 1. The van der Waals surface area contributed by atoms with Gasteiger partial charge >= 0.3 is 0 Å². The third kappa shape index (κ3) is 8.53. The second kappa shape index (κ2) is 16.1. The van der Waals surface area contributed by atoms with Gasteiger partial charge in [-0.25, -0.2) is 4.98 Å². The minimum Gasteiger partial charge on any atom is -0.392 e. The quantitative estimate of drug-likeness (QED) is 0.145. The Labute approximate surface area is 298 Å². The second-order valence-electron chi connectivity index (χ2n) is 12.9. The molecule has 0 aliphatic carbocycles. The summed E-state index contributed by atoms with van der Waals surface area (Å²) >= 11 is 0. The number of likely N-dealkylation sites (N-methyl/N-ethyl adjacent to an activating group) is 1. The van der Waals surface area contributed by atoms with Gasteiger partial charge in [-0.3, -0.25) is 14.8 Å². The number of nitrogens with zero attached hydrogens (tertiary/aromatic N) is 4. The number of ether oxygens (including phenoxy) is 2. The van der Waals surface area contributed by atoms with Gasteiger partial charge < -0.3 is 24.8 Å². The number of hydrogen-bond donors (Lipinski definition) is 2. The van der Waals surface area contributed by atoms with Gasteiger partial charge in [-0.15, -0.1) is 0 Å². The lowest BCUT2D eigenvalue weighted by molar-refractivity contribution is -0.252. The number of fused-ring (bicyclic) bond motifs is 1. The molecule has 0 saturated carbocycles. The SMILES string of the molecule is CN(CCc1ccccn1)C[C@@H]1C[C@H](c2ccc(CO)cc2)O[C@H](c2ccc(-c3ccccc3CNC(=O)c3cnc4ccccc4n3)cc2)O1. The van der Waals surface area contributed by atoms with E-state index in [1.807, 2.05) is 85.1 Å². The van der Waals surface area contributed by atoms with Crippen molar-refractivity contribution >= 4 is 16.9 Å². The summed E-state index contributed by atoms with van der Waals surface area (Å²) < 4.78 is 13.2. The molecule has 1 aliphatic heterocycles. The zero-order valence-electron chi connectivity index (χ0n) is 28.6. The van der Waals surface area contributed by atoms with Crippen LogP contribution in [0.5, 0.6) is 0 Å². The van der Waals surface area contributed by atoms with E-state index >= 15 is 0 Å². The maximum atomic E-state index is 13.0. The fraction of sp³-hybridized carbons (Fsp3) is 0.238. The summed E-state index contributed by atoms with van der Waals surface area (Å²) in [6.07, 6.45) is 4.14. The molecule has 3 atom stereocenters. The molecule has 7 rings (SSSR count). The highest BCUT2D eigenvalue weighted by Crippen LogP contribution is 2.39. The molecule has 2 aromatic heterocycles. The van der Waals surface area contributed by atoms with Crippen molar-refractivity contribution < 1.29 is 19.4 Å². The monoisotopic (exact) mass is 679 g/mol. The molecule has 258 valence electrons. The molecular formula is C42H41N5O4. The molecule has 0 unspecified atom stereocenters. The number of benzene rings is 4. The van der Waals surface area contributed by atoms with Gasteiger partial charge in [-0.05, 0) is 59.1 Å². The number of hydrogen-bond acceptors (Lipinski definition) is 8. The zero-order valence-corrected chi connectivity index (χ0v) is 28.6. The van der Waals surface area contributed by atoms with Crippen LogP contribution >= 0.6 is 0 Å². The Hall–Kier alpha value is -5.32. The first-order chi connectivity index (χ1) is 25.0. The highest BCUT2D eigenvalue weighted by molar-refractivity contribution is 5.93. The normalized spacial score (nSPS) is 17.4. The van der Waals surface area contributed by atoms with Gasteiger partial charge in [0.25, 0.3) is 5.91 Å². The van der Waals surface area contributed by atoms with E-state index in [2.05, 4.69) is 68.6 Å². The molecule has 1 saturated heterocycles. The van der Waals surface area contributed by atoms with Crippen LogP contribution in [-0.2, 0) is 29.0 Å². The number of pyridine rings is 1. The van der Waals surface area contributed by atoms with Gasteiger partial charge in [-0.2, -0.15) is 0 Å². The first-order valence-electron chi connectivity index (χ1n) is 17.3. The van der Waals surface area contributed by atoms with Crippen LogP contribution in [0.4, 0.5) is 0 Å². The Morgan fingerprint density at radius 1 is 0.843 bits per heavy atom. The molecule has 51 heavy (non-hydrogen) atoms. The van der Waals surface area contributed by atoms with E-state index in [4.69, 9.17) is 9.47 Å². The van der Waals surface area contributed by atoms with Gasteiger partial charge in [0, 0.05) is 49.9 Å². The van der Waals surface area contributed by atoms with Gasteiger partial charge in [0.05, 0.1) is 36.0 Å². The molecule has 3 heterocycles. The molecule has 0 bridgehead atoms. The average molecular weight is 680 g/mol. The molecule has 1 amide bonds. The first-order valence-corrected chi connectivity index (χ1v) is 17.3. The van der Waals surface area contributed by atoms with Gasteiger partial charge in [-0.1, -0.05) is 91.0 Å². The van der Waals surface area contributed by atoms with Crippen molar-refractivity contribution in [1.82, 2.24) is 25.2 Å². The lowest BCUT2D eigenvalue weighted by atomic mass is 9.97. The van der Waals surface area contributed by atoms with Crippen molar-refractivity contribution in [2.75, 3.05) is 20.1 Å². The Bertz CT molecular complexity index is 2060. The summed E-state index contributed by atoms with van der Waals surface area (Å²) in [7, 11) is 2.12. The number of carbonyl (C=O) groups is 1. The molecule has 0 radical (unpaired) electrons. The number of para-hydroxylation sites is 2. The Balaban J connectivity index is 1.05. The largest absolute Gasteiger partial charge is 0.392 e. The number of aromatic nitrogens is 3. The van der Waals surface area contributed by atoms with Crippen molar-refractivity contribution in [3.63, 3.8) is 0 Å². The summed E-state index contributed by atoms with van der Waals surface area (Å²) in [6, 6.07) is 37.8. The summed E-state index contributed by atoms with van der Waals surface area (Å²) in [5.74, 6) is -0.275. The van der Waals surface area contributed by atoms with Crippen molar-refractivity contribution in [3.8, 4) is 11.1 Å². The molecule has 6 aromatic rings. The Kier molecular flexibility index (Phi) is 10.8. The molecule has 0 spiro atoms. The molecule has 9 heteroatoms. The Morgan fingerprint density at radius 2 is 1.59 bits per heavy atom. The van der Waals surface area contributed by atoms with Crippen LogP contribution in [0.15, 0.2) is 128 Å². The summed E-state index contributed by atoms with van der Waals surface area (Å²) in [4.78, 5) is 28.6. The fourth-order valence-electron chi connectivity index (χ4n) is 6.43. The van der Waals surface area contributed by atoms with Crippen LogP contribution in [0.3, 0.4) is 0 Å². The summed E-state index contributed by atoms with van der Waals surface area (Å²) in [6.45, 7) is 1.96. The highest BCUT2D eigenvalue weighted by Gasteiger charge is 2.33. The van der Waals surface area contributed by atoms with Gasteiger partial charge in [0.1, 0.15) is 5.69 Å². The van der Waals surface area contributed by atoms with Crippen LogP contribution in [0, 0.1) is 0 Å². The Morgan fingerprint density at radius 3 is 2.37 bits per heavy atom. The van der Waals surface area contributed by atoms with Crippen molar-refractivity contribution in [2.45, 2.75) is 44.5 Å². The summed E-state index contributed by atoms with van der Waals surface area (Å²) in [5, 5.41) is 12.6. The van der Waals surface area contributed by atoms with Crippen molar-refractivity contribution in [1.29, 1.82) is 0 Å². The van der Waals surface area contributed by atoms with Gasteiger partial charge in [0.2, 0.25) is 0 Å². The highest BCUT2D eigenvalue weighted by atomic mass is 16.7. The van der Waals surface area contributed by atoms with Gasteiger partial charge in [0.15, 0.2) is 6.29 Å². The standard InChI is InChI=1S/C42H41N5O4/c1-47(23-21-34-9-6-7-22-43-34)27-35-24-40(31-15-13-29(28-48)14-16-31)51-42(50-35)32-19-17-30(18-20-32)36-10-3-2-8-33(36)25-45-41(49)39-26-44-37-11-4-5-12-38(37)46-39/h2-20,22,26,35,40,42,48H,21,23-25,27-28H2,1H3,(H,45,49)/t35-,40+,42+/m0/s1. The molecule has 9 nitrogen and oxygen atoms in total. The van der Waals surface area contributed by atoms with Crippen LogP contribution in [0.1, 0.15) is 57.3 Å². The van der Waals surface area contributed by atoms with E-state index in [9.17, 15) is 9.90 Å². The fourth-order valence-corrected chi connectivity index (χ4v) is 6.43. The zero-order chi connectivity index (χ0) is 35.0. The molecule has 2 N–H and O–H groups in total. The van der Waals surface area contributed by atoms with E-state index in [1.54, 1.807) is 0 Å². The van der Waals surface area contributed by atoms with E-state index < -0.39 is 6.29 Å². The minimum atomic E-state index is -0.554. The first kappa shape index (κ1) is 34.1. The van der Waals surface area contributed by atoms with E-state index in [0.717, 1.165) is 64.1 Å². The van der Waals surface area contributed by atoms with Crippen LogP contribution in [-0.4, -0.2) is 57.1 Å². The van der Waals surface area contributed by atoms with E-state index in [1.165, 1.54) is 6.20 Å². The molecule has 4 aromatic carbocycles. The number of nitrogens with one attached hydrogen (secondary N) is 1. The molecule has 1 aliphatic rings. The van der Waals surface area contributed by atoms with E-state index in [-0.39, 0.29) is 30.4 Å². The van der Waals surface area contributed by atoms with E-state index in [0.29, 0.717) is 18.5 Å².